The van der Waals surface area contributed by atoms with Crippen LogP contribution in [0.5, 0.6) is 5.75 Å². The molecule has 1 heterocycles. The number of hydrogen-bond donors (Lipinski definition) is 2. The monoisotopic (exact) mass is 349 g/mol. The summed E-state index contributed by atoms with van der Waals surface area (Å²) in [5.74, 6) is 0.274. The number of nitrogens with one attached hydrogen (secondary N) is 1. The van der Waals surface area contributed by atoms with Crippen molar-refractivity contribution in [1.82, 2.24) is 0 Å². The minimum Gasteiger partial charge on any atom is -0.506 e. The van der Waals surface area contributed by atoms with E-state index in [2.05, 4.69) is 48.6 Å². The van der Waals surface area contributed by atoms with Crippen LogP contribution in [0.1, 0.15) is 36.1 Å². The van der Waals surface area contributed by atoms with Crippen molar-refractivity contribution in [3.05, 3.63) is 94.5 Å². The molecule has 3 aromatic carbocycles. The maximum atomic E-state index is 10.5. The van der Waals surface area contributed by atoms with Crippen LogP contribution >= 0.6 is 11.6 Å². The van der Waals surface area contributed by atoms with E-state index >= 15 is 0 Å². The van der Waals surface area contributed by atoms with Gasteiger partial charge in [-0.1, -0.05) is 79.2 Å². The molecule has 4 rings (SSSR count). The molecule has 0 aliphatic carbocycles. The van der Waals surface area contributed by atoms with E-state index in [0.29, 0.717) is 0 Å². The predicted molar refractivity (Wildman–Crippen MR) is 103 cm³/mol. The third-order valence-electron chi connectivity index (χ3n) is 5.26. The second-order valence-corrected chi connectivity index (χ2v) is 7.23. The molecule has 0 saturated heterocycles. The van der Waals surface area contributed by atoms with Gasteiger partial charge in [0.05, 0.1) is 11.7 Å². The Morgan fingerprint density at radius 2 is 1.68 bits per heavy atom. The smallest absolute Gasteiger partial charge is 0.139 e. The van der Waals surface area contributed by atoms with E-state index in [1.165, 1.54) is 5.56 Å². The molecular weight excluding hydrogens is 330 g/mol. The number of para-hydroxylation sites is 1. The van der Waals surface area contributed by atoms with Gasteiger partial charge in [-0.3, -0.25) is 0 Å². The van der Waals surface area contributed by atoms with E-state index in [1.807, 2.05) is 30.3 Å². The maximum absolute atomic E-state index is 10.5. The van der Waals surface area contributed by atoms with Crippen LogP contribution < -0.4 is 5.32 Å². The van der Waals surface area contributed by atoms with Gasteiger partial charge in [0.25, 0.3) is 0 Å². The normalized spacial score (nSPS) is 22.1. The standard InChI is InChI=1S/C22H20ClNO/c1-22(15-8-3-2-4-9-15)14-19(16-10-5-6-12-18(16)23)24-21-17(22)11-7-13-20(21)25/h2-13,19,24-25H,14H2,1H3/t19-,22-/m0/s1. The van der Waals surface area contributed by atoms with Crippen LogP contribution in [0.4, 0.5) is 5.69 Å². The van der Waals surface area contributed by atoms with E-state index in [1.54, 1.807) is 6.07 Å². The number of aromatic hydroxyl groups is 1. The summed E-state index contributed by atoms with van der Waals surface area (Å²) < 4.78 is 0. The summed E-state index contributed by atoms with van der Waals surface area (Å²) >= 11 is 6.46. The minimum absolute atomic E-state index is 0.0275. The largest absolute Gasteiger partial charge is 0.506 e. The van der Waals surface area contributed by atoms with Gasteiger partial charge in [0.2, 0.25) is 0 Å². The fourth-order valence-corrected chi connectivity index (χ4v) is 4.19. The fourth-order valence-electron chi connectivity index (χ4n) is 3.92. The van der Waals surface area contributed by atoms with Gasteiger partial charge in [0, 0.05) is 10.4 Å². The molecule has 0 amide bonds. The third-order valence-corrected chi connectivity index (χ3v) is 5.60. The molecule has 0 fully saturated rings. The van der Waals surface area contributed by atoms with Crippen LogP contribution in [0.3, 0.4) is 0 Å². The number of fused-ring (bicyclic) bond motifs is 1. The summed E-state index contributed by atoms with van der Waals surface area (Å²) in [6.07, 6.45) is 0.858. The number of anilines is 1. The number of halogens is 1. The van der Waals surface area contributed by atoms with Crippen LogP contribution in [0.25, 0.3) is 0 Å². The van der Waals surface area contributed by atoms with Crippen LogP contribution in [0, 0.1) is 0 Å². The molecule has 0 saturated carbocycles. The number of hydrogen-bond acceptors (Lipinski definition) is 2. The van der Waals surface area contributed by atoms with Crippen molar-refractivity contribution in [2.24, 2.45) is 0 Å². The van der Waals surface area contributed by atoms with Crippen molar-refractivity contribution in [3.63, 3.8) is 0 Å². The Labute approximate surface area is 153 Å². The van der Waals surface area contributed by atoms with Gasteiger partial charge >= 0.3 is 0 Å². The van der Waals surface area contributed by atoms with Gasteiger partial charge < -0.3 is 10.4 Å². The van der Waals surface area contributed by atoms with Crippen LogP contribution in [0.15, 0.2) is 72.8 Å². The van der Waals surface area contributed by atoms with Crippen LogP contribution in [-0.2, 0) is 5.41 Å². The zero-order chi connectivity index (χ0) is 17.4. The van der Waals surface area contributed by atoms with Crippen molar-refractivity contribution < 1.29 is 5.11 Å². The topological polar surface area (TPSA) is 32.3 Å². The van der Waals surface area contributed by atoms with Gasteiger partial charge in [-0.05, 0) is 35.2 Å². The first-order valence-corrected chi connectivity index (χ1v) is 8.86. The van der Waals surface area contributed by atoms with E-state index in [0.717, 1.165) is 28.3 Å². The Morgan fingerprint density at radius 1 is 0.960 bits per heavy atom. The highest BCUT2D eigenvalue weighted by atomic mass is 35.5. The summed E-state index contributed by atoms with van der Waals surface area (Å²) in [5, 5.41) is 14.7. The van der Waals surface area contributed by atoms with E-state index in [4.69, 9.17) is 11.6 Å². The molecule has 126 valence electrons. The average molecular weight is 350 g/mol. The first kappa shape index (κ1) is 16.0. The van der Waals surface area contributed by atoms with Gasteiger partial charge in [-0.15, -0.1) is 0 Å². The van der Waals surface area contributed by atoms with E-state index in [9.17, 15) is 5.11 Å². The van der Waals surface area contributed by atoms with Gasteiger partial charge in [0.1, 0.15) is 5.75 Å². The molecule has 1 aliphatic rings. The lowest BCUT2D eigenvalue weighted by Crippen LogP contribution is -2.34. The van der Waals surface area contributed by atoms with Crippen molar-refractivity contribution in [2.45, 2.75) is 24.8 Å². The maximum Gasteiger partial charge on any atom is 0.139 e. The molecule has 2 nitrogen and oxygen atoms in total. The fraction of sp³-hybridized carbons (Fsp3) is 0.182. The SMILES string of the molecule is C[C@@]1(c2ccccc2)C[C@@H](c2ccccc2Cl)Nc2c(O)cccc21. The molecule has 1 aliphatic heterocycles. The van der Waals surface area contributed by atoms with Gasteiger partial charge in [-0.2, -0.15) is 0 Å². The Kier molecular flexibility index (Phi) is 3.93. The third kappa shape index (κ3) is 2.67. The van der Waals surface area contributed by atoms with E-state index < -0.39 is 0 Å². The Bertz CT molecular complexity index is 909. The van der Waals surface area contributed by atoms with Crippen LogP contribution in [0.2, 0.25) is 5.02 Å². The molecule has 3 heteroatoms. The van der Waals surface area contributed by atoms with Crippen molar-refractivity contribution in [1.29, 1.82) is 0 Å². The molecule has 3 aromatic rings. The summed E-state index contributed by atoms with van der Waals surface area (Å²) in [6.45, 7) is 2.24. The second kappa shape index (κ2) is 6.12. The molecule has 2 atom stereocenters. The van der Waals surface area contributed by atoms with E-state index in [-0.39, 0.29) is 17.2 Å². The lowest BCUT2D eigenvalue weighted by molar-refractivity contribution is 0.438. The lowest BCUT2D eigenvalue weighted by Gasteiger charge is -2.42. The number of phenolic OH excluding ortho intramolecular Hbond substituents is 1. The Balaban J connectivity index is 1.90. The minimum atomic E-state index is -0.218. The number of rotatable bonds is 2. The molecular formula is C22H20ClNO. The summed E-state index contributed by atoms with van der Waals surface area (Å²) in [6, 6.07) is 24.1. The lowest BCUT2D eigenvalue weighted by atomic mass is 9.68. The molecule has 0 radical (unpaired) electrons. The molecule has 0 spiro atoms. The Hall–Kier alpha value is -2.45. The molecule has 25 heavy (non-hydrogen) atoms. The van der Waals surface area contributed by atoms with Gasteiger partial charge in [0.15, 0.2) is 0 Å². The molecule has 0 bridgehead atoms. The first-order valence-electron chi connectivity index (χ1n) is 8.48. The molecule has 0 aromatic heterocycles. The van der Waals surface area contributed by atoms with Crippen molar-refractivity contribution in [3.8, 4) is 5.75 Å². The summed E-state index contributed by atoms with van der Waals surface area (Å²) in [5.41, 5.74) is 3.98. The quantitative estimate of drug-likeness (QED) is 0.564. The van der Waals surface area contributed by atoms with Crippen LogP contribution in [-0.4, -0.2) is 5.11 Å². The Morgan fingerprint density at radius 3 is 2.44 bits per heavy atom. The zero-order valence-corrected chi connectivity index (χ0v) is 14.8. The highest BCUT2D eigenvalue weighted by molar-refractivity contribution is 6.31. The second-order valence-electron chi connectivity index (χ2n) is 6.82. The van der Waals surface area contributed by atoms with Crippen molar-refractivity contribution >= 4 is 17.3 Å². The zero-order valence-electron chi connectivity index (χ0n) is 14.0. The highest BCUT2D eigenvalue weighted by Crippen LogP contribution is 2.51. The van der Waals surface area contributed by atoms with Gasteiger partial charge in [-0.25, -0.2) is 0 Å². The molecule has 2 N–H and O–H groups in total. The van der Waals surface area contributed by atoms with Crippen molar-refractivity contribution in [2.75, 3.05) is 5.32 Å². The average Bonchev–Trinajstić information content (AvgIpc) is 2.64. The first-order chi connectivity index (χ1) is 12.1. The summed E-state index contributed by atoms with van der Waals surface area (Å²) in [7, 11) is 0. The molecule has 0 unspecified atom stereocenters. The highest BCUT2D eigenvalue weighted by Gasteiger charge is 2.39. The summed E-state index contributed by atoms with van der Waals surface area (Å²) in [4.78, 5) is 0. The number of benzene rings is 3. The number of phenols is 1. The predicted octanol–water partition coefficient (Wildman–Crippen LogP) is 5.91.